The lowest BCUT2D eigenvalue weighted by Gasteiger charge is -2.12. The van der Waals surface area contributed by atoms with E-state index in [1.165, 1.54) is 33.4 Å². The maximum atomic E-state index is 10.3. The average Bonchev–Trinajstić information content (AvgIpc) is 3.27. The highest BCUT2D eigenvalue weighted by atomic mass is 127. The first kappa shape index (κ1) is 23.0. The first-order valence-electron chi connectivity index (χ1n) is 9.09. The van der Waals surface area contributed by atoms with Gasteiger partial charge in [0.1, 0.15) is 6.10 Å². The molecular weight excluding hydrogens is 507 g/mol. The van der Waals surface area contributed by atoms with Gasteiger partial charge in [-0.1, -0.05) is 29.8 Å². The monoisotopic (exact) mass is 532 g/mol. The third-order valence-electron chi connectivity index (χ3n) is 4.39. The van der Waals surface area contributed by atoms with Gasteiger partial charge in [0.2, 0.25) is 0 Å². The summed E-state index contributed by atoms with van der Waals surface area (Å²) in [4.78, 5) is 8.69. The maximum absolute atomic E-state index is 10.3. The van der Waals surface area contributed by atoms with Crippen molar-refractivity contribution in [3.05, 3.63) is 56.9 Å². The molecule has 2 aromatic heterocycles. The van der Waals surface area contributed by atoms with Crippen LogP contribution < -0.4 is 10.6 Å². The normalized spacial score (nSPS) is 12.6. The fourth-order valence-electron chi connectivity index (χ4n) is 3.00. The standard InChI is InChI=1S/C20H25ClN4OS.HI/c1-3-22-20(25-12-16(26)17-7-8-18(21)27-17)23-10-9-14-11-24-19-13(2)5-4-6-15(14)19;/h4-8,11,16,24,26H,3,9-10,12H2,1-2H3,(H2,22,23,25);1H. The number of aliphatic hydroxyl groups is 1. The molecule has 3 rings (SSSR count). The number of hydrogen-bond donors (Lipinski definition) is 4. The van der Waals surface area contributed by atoms with Crippen LogP contribution >= 0.6 is 46.9 Å². The lowest BCUT2D eigenvalue weighted by Crippen LogP contribution is -2.38. The van der Waals surface area contributed by atoms with E-state index in [4.69, 9.17) is 11.6 Å². The van der Waals surface area contributed by atoms with E-state index in [-0.39, 0.29) is 24.0 Å². The second-order valence-electron chi connectivity index (χ2n) is 6.37. The number of nitrogens with zero attached hydrogens (tertiary/aromatic N) is 1. The number of aromatic amines is 1. The molecule has 1 aromatic carbocycles. The number of hydrogen-bond acceptors (Lipinski definition) is 3. The van der Waals surface area contributed by atoms with E-state index in [1.807, 2.05) is 13.0 Å². The molecule has 3 aromatic rings. The van der Waals surface area contributed by atoms with Crippen LogP contribution in [0.5, 0.6) is 0 Å². The minimum absolute atomic E-state index is 0. The molecule has 0 bridgehead atoms. The van der Waals surface area contributed by atoms with Gasteiger partial charge in [-0.15, -0.1) is 35.3 Å². The van der Waals surface area contributed by atoms with Crippen molar-refractivity contribution in [3.63, 3.8) is 0 Å². The van der Waals surface area contributed by atoms with E-state index in [2.05, 4.69) is 51.9 Å². The molecule has 0 aliphatic heterocycles. The molecule has 4 N–H and O–H groups in total. The van der Waals surface area contributed by atoms with Crippen molar-refractivity contribution < 1.29 is 5.11 Å². The van der Waals surface area contributed by atoms with Gasteiger partial charge >= 0.3 is 0 Å². The van der Waals surface area contributed by atoms with Crippen molar-refractivity contribution in [1.29, 1.82) is 0 Å². The third kappa shape index (κ3) is 5.85. The predicted octanol–water partition coefficient (Wildman–Crippen LogP) is 4.64. The fraction of sp³-hybridized carbons (Fsp3) is 0.350. The number of para-hydroxylation sites is 1. The van der Waals surface area contributed by atoms with E-state index in [1.54, 1.807) is 6.07 Å². The summed E-state index contributed by atoms with van der Waals surface area (Å²) < 4.78 is 0.673. The summed E-state index contributed by atoms with van der Waals surface area (Å²) in [6, 6.07) is 9.98. The first-order valence-corrected chi connectivity index (χ1v) is 10.3. The molecule has 28 heavy (non-hydrogen) atoms. The Morgan fingerprint density at radius 1 is 1.29 bits per heavy atom. The van der Waals surface area contributed by atoms with Crippen LogP contribution in [0.15, 0.2) is 41.5 Å². The van der Waals surface area contributed by atoms with Crippen LogP contribution in [0, 0.1) is 6.92 Å². The lowest BCUT2D eigenvalue weighted by molar-refractivity contribution is 0.191. The van der Waals surface area contributed by atoms with Gasteiger partial charge in [-0.25, -0.2) is 0 Å². The van der Waals surface area contributed by atoms with Gasteiger partial charge in [-0.05, 0) is 43.5 Å². The Morgan fingerprint density at radius 2 is 2.11 bits per heavy atom. The van der Waals surface area contributed by atoms with Crippen molar-refractivity contribution in [2.75, 3.05) is 19.6 Å². The third-order valence-corrected chi connectivity index (χ3v) is 5.72. The number of nitrogens with one attached hydrogen (secondary N) is 3. The average molecular weight is 533 g/mol. The van der Waals surface area contributed by atoms with Crippen molar-refractivity contribution in [1.82, 2.24) is 15.6 Å². The smallest absolute Gasteiger partial charge is 0.191 e. The van der Waals surface area contributed by atoms with Crippen molar-refractivity contribution >= 4 is 63.8 Å². The largest absolute Gasteiger partial charge is 0.386 e. The molecule has 0 saturated carbocycles. The number of aliphatic hydroxyl groups excluding tert-OH is 1. The van der Waals surface area contributed by atoms with Gasteiger partial charge in [0.05, 0.1) is 10.9 Å². The molecular formula is C20H26ClIN4OS. The van der Waals surface area contributed by atoms with Crippen LogP contribution in [0.25, 0.3) is 10.9 Å². The molecule has 5 nitrogen and oxygen atoms in total. The van der Waals surface area contributed by atoms with Crippen LogP contribution in [-0.4, -0.2) is 35.7 Å². The first-order chi connectivity index (χ1) is 13.1. The maximum Gasteiger partial charge on any atom is 0.191 e. The molecule has 0 spiro atoms. The number of rotatable bonds is 7. The highest BCUT2D eigenvalue weighted by molar-refractivity contribution is 14.0. The van der Waals surface area contributed by atoms with E-state index in [0.29, 0.717) is 16.8 Å². The Kier molecular flexibility index (Phi) is 9.07. The second kappa shape index (κ2) is 11.0. The van der Waals surface area contributed by atoms with E-state index >= 15 is 0 Å². The van der Waals surface area contributed by atoms with Crippen LogP contribution in [0.1, 0.15) is 29.0 Å². The molecule has 0 aliphatic rings. The Morgan fingerprint density at radius 3 is 2.82 bits per heavy atom. The van der Waals surface area contributed by atoms with E-state index in [0.717, 1.165) is 24.4 Å². The number of fused-ring (bicyclic) bond motifs is 1. The Balaban J connectivity index is 0.00000280. The zero-order valence-electron chi connectivity index (χ0n) is 16.0. The molecule has 0 fully saturated rings. The zero-order valence-corrected chi connectivity index (χ0v) is 19.9. The highest BCUT2D eigenvalue weighted by Gasteiger charge is 2.10. The molecule has 0 amide bonds. The molecule has 0 aliphatic carbocycles. The highest BCUT2D eigenvalue weighted by Crippen LogP contribution is 2.27. The summed E-state index contributed by atoms with van der Waals surface area (Å²) in [6.45, 7) is 5.95. The molecule has 1 atom stereocenters. The molecule has 0 radical (unpaired) electrons. The Bertz CT molecular complexity index is 924. The fourth-order valence-corrected chi connectivity index (χ4v) is 4.04. The van der Waals surface area contributed by atoms with Crippen LogP contribution in [0.3, 0.4) is 0 Å². The lowest BCUT2D eigenvalue weighted by atomic mass is 10.1. The SMILES string of the molecule is CCNC(=NCC(O)c1ccc(Cl)s1)NCCc1c[nH]c2c(C)cccc12.I. The number of thiophene rings is 1. The summed E-state index contributed by atoms with van der Waals surface area (Å²) in [5, 5.41) is 18.1. The number of aromatic nitrogens is 1. The molecule has 0 saturated heterocycles. The Hall–Kier alpha value is -1.29. The number of halogens is 2. The van der Waals surface area contributed by atoms with E-state index < -0.39 is 6.10 Å². The number of aliphatic imine (C=N–C) groups is 1. The number of guanidine groups is 1. The Labute approximate surface area is 191 Å². The molecule has 2 heterocycles. The quantitative estimate of drug-likeness (QED) is 0.204. The van der Waals surface area contributed by atoms with Crippen LogP contribution in [0.2, 0.25) is 4.34 Å². The summed E-state index contributed by atoms with van der Waals surface area (Å²) in [7, 11) is 0. The van der Waals surface area contributed by atoms with Crippen LogP contribution in [0.4, 0.5) is 0 Å². The summed E-state index contributed by atoms with van der Waals surface area (Å²) in [6.07, 6.45) is 2.32. The molecule has 152 valence electrons. The summed E-state index contributed by atoms with van der Waals surface area (Å²) in [5.41, 5.74) is 3.74. The van der Waals surface area contributed by atoms with Gasteiger partial charge in [0.15, 0.2) is 5.96 Å². The zero-order chi connectivity index (χ0) is 19.2. The topological polar surface area (TPSA) is 72.4 Å². The second-order valence-corrected chi connectivity index (χ2v) is 8.11. The van der Waals surface area contributed by atoms with Gasteiger partial charge < -0.3 is 20.7 Å². The summed E-state index contributed by atoms with van der Waals surface area (Å²) >= 11 is 7.31. The molecule has 8 heteroatoms. The summed E-state index contributed by atoms with van der Waals surface area (Å²) in [5.74, 6) is 0.704. The van der Waals surface area contributed by atoms with E-state index in [9.17, 15) is 5.11 Å². The van der Waals surface area contributed by atoms with Gasteiger partial charge in [-0.3, -0.25) is 4.99 Å². The number of aryl methyl sites for hydroxylation is 1. The van der Waals surface area contributed by atoms with Crippen molar-refractivity contribution in [3.8, 4) is 0 Å². The van der Waals surface area contributed by atoms with Gasteiger partial charge in [0.25, 0.3) is 0 Å². The number of benzene rings is 1. The minimum atomic E-state index is -0.644. The minimum Gasteiger partial charge on any atom is -0.386 e. The van der Waals surface area contributed by atoms with Gasteiger partial charge in [-0.2, -0.15) is 0 Å². The number of H-pyrrole nitrogens is 1. The van der Waals surface area contributed by atoms with Gasteiger partial charge in [0, 0.05) is 35.1 Å². The molecule has 1 unspecified atom stereocenters. The predicted molar refractivity (Wildman–Crippen MR) is 130 cm³/mol. The van der Waals surface area contributed by atoms with Crippen molar-refractivity contribution in [2.24, 2.45) is 4.99 Å². The van der Waals surface area contributed by atoms with Crippen LogP contribution in [-0.2, 0) is 6.42 Å². The van der Waals surface area contributed by atoms with Crippen molar-refractivity contribution in [2.45, 2.75) is 26.4 Å².